The minimum atomic E-state index is -0.611. The van der Waals surface area contributed by atoms with Crippen molar-refractivity contribution in [1.82, 2.24) is 0 Å². The van der Waals surface area contributed by atoms with Gasteiger partial charge < -0.3 is 4.74 Å². The van der Waals surface area contributed by atoms with Crippen LogP contribution in [0.15, 0.2) is 18.2 Å². The van der Waals surface area contributed by atoms with Gasteiger partial charge in [0.15, 0.2) is 11.6 Å². The third-order valence-corrected chi connectivity index (χ3v) is 2.13. The molecular weight excluding hydrogens is 242 g/mol. The lowest BCUT2D eigenvalue weighted by Gasteiger charge is -2.05. The molecule has 1 rings (SSSR count). The molecule has 0 unspecified atom stereocenters. The Bertz CT molecular complexity index is 278. The van der Waals surface area contributed by atoms with Crippen LogP contribution in [-0.2, 0) is 5.33 Å². The standard InChI is InChI=1S/C9H9BrF2O/c10-6-7-1-2-9(8(12)5-7)13-4-3-11/h1-2,5H,3-4,6H2. The monoisotopic (exact) mass is 250 g/mol. The van der Waals surface area contributed by atoms with Gasteiger partial charge in [-0.15, -0.1) is 0 Å². The van der Waals surface area contributed by atoms with Gasteiger partial charge >= 0.3 is 0 Å². The summed E-state index contributed by atoms with van der Waals surface area (Å²) in [6.45, 7) is -0.718. The summed E-state index contributed by atoms with van der Waals surface area (Å²) >= 11 is 3.20. The Hall–Kier alpha value is -0.640. The fraction of sp³-hybridized carbons (Fsp3) is 0.333. The van der Waals surface area contributed by atoms with E-state index < -0.39 is 12.5 Å². The van der Waals surface area contributed by atoms with Crippen LogP contribution in [0.4, 0.5) is 8.78 Å². The van der Waals surface area contributed by atoms with Crippen LogP contribution in [0, 0.1) is 5.82 Å². The predicted molar refractivity (Wildman–Crippen MR) is 50.5 cm³/mol. The Morgan fingerprint density at radius 3 is 2.69 bits per heavy atom. The number of hydrogen-bond donors (Lipinski definition) is 0. The Kier molecular flexibility index (Phi) is 4.15. The molecule has 0 aromatic heterocycles. The number of hydrogen-bond acceptors (Lipinski definition) is 1. The smallest absolute Gasteiger partial charge is 0.165 e. The van der Waals surface area contributed by atoms with Crippen LogP contribution in [0.25, 0.3) is 0 Å². The lowest BCUT2D eigenvalue weighted by atomic mass is 10.2. The first-order valence-corrected chi connectivity index (χ1v) is 4.93. The van der Waals surface area contributed by atoms with Crippen molar-refractivity contribution in [2.24, 2.45) is 0 Å². The molecule has 1 aromatic carbocycles. The van der Waals surface area contributed by atoms with Gasteiger partial charge in [0.05, 0.1) is 0 Å². The van der Waals surface area contributed by atoms with Crippen LogP contribution in [-0.4, -0.2) is 13.3 Å². The molecule has 0 heterocycles. The highest BCUT2D eigenvalue weighted by molar-refractivity contribution is 9.08. The van der Waals surface area contributed by atoms with Crippen LogP contribution in [0.3, 0.4) is 0 Å². The summed E-state index contributed by atoms with van der Waals surface area (Å²) in [5.74, 6) is -0.354. The summed E-state index contributed by atoms with van der Waals surface area (Å²) < 4.78 is 29.6. The maximum absolute atomic E-state index is 13.1. The van der Waals surface area contributed by atoms with Crippen molar-refractivity contribution in [3.63, 3.8) is 0 Å². The van der Waals surface area contributed by atoms with E-state index in [2.05, 4.69) is 15.9 Å². The van der Waals surface area contributed by atoms with E-state index in [1.165, 1.54) is 12.1 Å². The highest BCUT2D eigenvalue weighted by atomic mass is 79.9. The zero-order valence-electron chi connectivity index (χ0n) is 6.90. The van der Waals surface area contributed by atoms with Crippen molar-refractivity contribution in [2.75, 3.05) is 13.3 Å². The summed E-state index contributed by atoms with van der Waals surface area (Å²) in [5.41, 5.74) is 0.824. The molecular formula is C9H9BrF2O. The van der Waals surface area contributed by atoms with Gasteiger partial charge in [0.25, 0.3) is 0 Å². The molecule has 72 valence electrons. The fourth-order valence-electron chi connectivity index (χ4n) is 0.893. The van der Waals surface area contributed by atoms with Gasteiger partial charge in [0.2, 0.25) is 0 Å². The molecule has 13 heavy (non-hydrogen) atoms. The Morgan fingerprint density at radius 2 is 2.15 bits per heavy atom. The van der Waals surface area contributed by atoms with E-state index in [9.17, 15) is 8.78 Å². The van der Waals surface area contributed by atoms with E-state index >= 15 is 0 Å². The van der Waals surface area contributed by atoms with E-state index in [0.29, 0.717) is 5.33 Å². The average Bonchev–Trinajstić information content (AvgIpc) is 2.16. The van der Waals surface area contributed by atoms with Crippen LogP contribution in [0.5, 0.6) is 5.75 Å². The molecule has 0 saturated heterocycles. The van der Waals surface area contributed by atoms with Crippen molar-refractivity contribution in [3.8, 4) is 5.75 Å². The van der Waals surface area contributed by atoms with Crippen LogP contribution >= 0.6 is 15.9 Å². The second kappa shape index (κ2) is 5.17. The van der Waals surface area contributed by atoms with E-state index in [1.54, 1.807) is 6.07 Å². The number of alkyl halides is 2. The average molecular weight is 251 g/mol. The maximum atomic E-state index is 13.1. The SMILES string of the molecule is FCCOc1ccc(CBr)cc1F. The molecule has 0 aliphatic carbocycles. The zero-order chi connectivity index (χ0) is 9.68. The van der Waals surface area contributed by atoms with E-state index in [4.69, 9.17) is 4.74 Å². The highest BCUT2D eigenvalue weighted by Gasteiger charge is 2.03. The Balaban J connectivity index is 2.73. The van der Waals surface area contributed by atoms with Gasteiger partial charge in [0, 0.05) is 5.33 Å². The van der Waals surface area contributed by atoms with Crippen LogP contribution < -0.4 is 4.74 Å². The molecule has 0 fully saturated rings. The molecule has 0 N–H and O–H groups in total. The van der Waals surface area contributed by atoms with Gasteiger partial charge in [-0.1, -0.05) is 22.0 Å². The summed E-state index contributed by atoms with van der Waals surface area (Å²) in [6.07, 6.45) is 0. The van der Waals surface area contributed by atoms with Gasteiger partial charge in [-0.25, -0.2) is 8.78 Å². The molecule has 0 radical (unpaired) electrons. The van der Waals surface area contributed by atoms with Crippen molar-refractivity contribution in [3.05, 3.63) is 29.6 Å². The summed E-state index contributed by atoms with van der Waals surface area (Å²) in [5, 5.41) is 0.591. The quantitative estimate of drug-likeness (QED) is 0.747. The molecule has 0 spiro atoms. The minimum Gasteiger partial charge on any atom is -0.488 e. The predicted octanol–water partition coefficient (Wildman–Crippen LogP) is 3.07. The van der Waals surface area contributed by atoms with Crippen LogP contribution in [0.1, 0.15) is 5.56 Å². The first kappa shape index (κ1) is 10.4. The van der Waals surface area contributed by atoms with Gasteiger partial charge in [-0.2, -0.15) is 0 Å². The van der Waals surface area contributed by atoms with Crippen LogP contribution in [0.2, 0.25) is 0 Å². The molecule has 0 atom stereocenters. The first-order valence-electron chi connectivity index (χ1n) is 3.81. The summed E-state index contributed by atoms with van der Waals surface area (Å²) in [4.78, 5) is 0. The molecule has 1 nitrogen and oxygen atoms in total. The molecule has 0 aliphatic rings. The lowest BCUT2D eigenvalue weighted by Crippen LogP contribution is -2.00. The minimum absolute atomic E-state index is 0.0994. The molecule has 0 bridgehead atoms. The molecule has 1 aromatic rings. The van der Waals surface area contributed by atoms with Gasteiger partial charge in [-0.05, 0) is 17.7 Å². The molecule has 0 aliphatic heterocycles. The third-order valence-electron chi connectivity index (χ3n) is 1.49. The summed E-state index contributed by atoms with van der Waals surface area (Å²) in [7, 11) is 0. The maximum Gasteiger partial charge on any atom is 0.165 e. The highest BCUT2D eigenvalue weighted by Crippen LogP contribution is 2.19. The molecule has 4 heteroatoms. The van der Waals surface area contributed by atoms with E-state index in [0.717, 1.165) is 5.56 Å². The zero-order valence-corrected chi connectivity index (χ0v) is 8.48. The summed E-state index contributed by atoms with van der Waals surface area (Å²) in [6, 6.07) is 4.59. The number of benzene rings is 1. The van der Waals surface area contributed by atoms with Gasteiger partial charge in [0.1, 0.15) is 13.3 Å². The third kappa shape index (κ3) is 2.95. The Labute approximate surface area is 83.8 Å². The fourth-order valence-corrected chi connectivity index (χ4v) is 1.24. The topological polar surface area (TPSA) is 9.23 Å². The van der Waals surface area contributed by atoms with Crippen molar-refractivity contribution in [1.29, 1.82) is 0 Å². The number of ether oxygens (including phenoxy) is 1. The largest absolute Gasteiger partial charge is 0.488 e. The molecule has 0 amide bonds. The molecule has 0 saturated carbocycles. The number of rotatable bonds is 4. The first-order chi connectivity index (χ1) is 6.27. The van der Waals surface area contributed by atoms with Gasteiger partial charge in [-0.3, -0.25) is 0 Å². The lowest BCUT2D eigenvalue weighted by molar-refractivity contribution is 0.262. The van der Waals surface area contributed by atoms with Crippen molar-refractivity contribution < 1.29 is 13.5 Å². The van der Waals surface area contributed by atoms with E-state index in [1.807, 2.05) is 0 Å². The van der Waals surface area contributed by atoms with Crippen molar-refractivity contribution >= 4 is 15.9 Å². The van der Waals surface area contributed by atoms with Crippen molar-refractivity contribution in [2.45, 2.75) is 5.33 Å². The second-order valence-corrected chi connectivity index (χ2v) is 3.00. The Morgan fingerprint density at radius 1 is 1.38 bits per heavy atom. The van der Waals surface area contributed by atoms with E-state index in [-0.39, 0.29) is 12.4 Å². The normalized spacial score (nSPS) is 10.1. The second-order valence-electron chi connectivity index (χ2n) is 2.44. The number of halogens is 3.